The van der Waals surface area contributed by atoms with E-state index in [0.29, 0.717) is 18.0 Å². The van der Waals surface area contributed by atoms with Gasteiger partial charge in [0.05, 0.1) is 20.3 Å². The molecule has 1 atom stereocenters. The third kappa shape index (κ3) is 2.97. The molecule has 1 saturated heterocycles. The number of sulfonamides is 1. The lowest BCUT2D eigenvalue weighted by molar-refractivity contribution is 0.375. The number of benzene rings is 1. The van der Waals surface area contributed by atoms with Crippen molar-refractivity contribution in [2.45, 2.75) is 23.8 Å². The lowest BCUT2D eigenvalue weighted by Gasteiger charge is -2.25. The van der Waals surface area contributed by atoms with Gasteiger partial charge in [-0.15, -0.1) is 0 Å². The van der Waals surface area contributed by atoms with E-state index in [2.05, 4.69) is 4.98 Å². The van der Waals surface area contributed by atoms with Gasteiger partial charge in [0.15, 0.2) is 0 Å². The molecule has 0 radical (unpaired) electrons. The summed E-state index contributed by atoms with van der Waals surface area (Å²) >= 11 is 0. The maximum absolute atomic E-state index is 13.2. The molecule has 1 fully saturated rings. The van der Waals surface area contributed by atoms with Gasteiger partial charge in [0.25, 0.3) is 0 Å². The highest BCUT2D eigenvalue weighted by Gasteiger charge is 2.37. The third-order valence-corrected chi connectivity index (χ3v) is 6.18. The molecule has 0 spiro atoms. The highest BCUT2D eigenvalue weighted by Crippen LogP contribution is 2.39. The van der Waals surface area contributed by atoms with E-state index in [9.17, 15) is 8.42 Å². The van der Waals surface area contributed by atoms with Crippen LogP contribution in [0.4, 0.5) is 0 Å². The van der Waals surface area contributed by atoms with Crippen molar-refractivity contribution in [2.24, 2.45) is 0 Å². The van der Waals surface area contributed by atoms with Crippen LogP contribution in [-0.2, 0) is 10.0 Å². The number of rotatable bonds is 5. The summed E-state index contributed by atoms with van der Waals surface area (Å²) in [5.41, 5.74) is 0.952. The predicted molar refractivity (Wildman–Crippen MR) is 89.6 cm³/mol. The van der Waals surface area contributed by atoms with Crippen molar-refractivity contribution in [1.82, 2.24) is 9.29 Å². The van der Waals surface area contributed by atoms with E-state index in [1.54, 1.807) is 28.8 Å². The third-order valence-electron chi connectivity index (χ3n) is 4.25. The number of nitrogens with zero attached hydrogens (tertiary/aromatic N) is 2. The summed E-state index contributed by atoms with van der Waals surface area (Å²) in [5, 5.41) is 0. The van der Waals surface area contributed by atoms with Crippen LogP contribution in [0.3, 0.4) is 0 Å². The highest BCUT2D eigenvalue weighted by molar-refractivity contribution is 7.89. The van der Waals surface area contributed by atoms with Crippen LogP contribution in [-0.4, -0.2) is 38.5 Å². The van der Waals surface area contributed by atoms with Crippen molar-refractivity contribution in [1.29, 1.82) is 0 Å². The fraction of sp³-hybridized carbons (Fsp3) is 0.353. The quantitative estimate of drug-likeness (QED) is 0.831. The second-order valence-electron chi connectivity index (χ2n) is 5.57. The Morgan fingerprint density at radius 3 is 2.54 bits per heavy atom. The molecule has 2 aromatic rings. The zero-order valence-electron chi connectivity index (χ0n) is 13.7. The monoisotopic (exact) mass is 348 g/mol. The highest BCUT2D eigenvalue weighted by atomic mass is 32.2. The zero-order valence-corrected chi connectivity index (χ0v) is 14.5. The second-order valence-corrected chi connectivity index (χ2v) is 7.43. The standard InChI is InChI=1S/C17H20N2O4S/c1-22-14-5-6-16(23-2)17(12-14)24(20,21)19-11-3-4-15(19)13-7-9-18-10-8-13/h5-10,12,15H,3-4,11H2,1-2H3. The number of methoxy groups -OCH3 is 2. The minimum Gasteiger partial charge on any atom is -0.497 e. The van der Waals surface area contributed by atoms with Crippen LogP contribution in [0, 0.1) is 0 Å². The minimum atomic E-state index is -3.70. The van der Waals surface area contributed by atoms with Crippen LogP contribution in [0.5, 0.6) is 11.5 Å². The summed E-state index contributed by atoms with van der Waals surface area (Å²) in [6.07, 6.45) is 4.98. The molecule has 3 rings (SSSR count). The Kier molecular flexibility index (Phi) is 4.73. The van der Waals surface area contributed by atoms with Crippen molar-refractivity contribution in [3.8, 4) is 11.5 Å². The van der Waals surface area contributed by atoms with Gasteiger partial charge in [0.1, 0.15) is 16.4 Å². The van der Waals surface area contributed by atoms with E-state index >= 15 is 0 Å². The number of aromatic nitrogens is 1. The van der Waals surface area contributed by atoms with Gasteiger partial charge in [-0.3, -0.25) is 4.98 Å². The van der Waals surface area contributed by atoms with Crippen LogP contribution < -0.4 is 9.47 Å². The molecule has 2 heterocycles. The van der Waals surface area contributed by atoms with E-state index in [0.717, 1.165) is 18.4 Å². The maximum atomic E-state index is 13.2. The molecule has 1 aromatic carbocycles. The Balaban J connectivity index is 2.04. The molecule has 0 aliphatic carbocycles. The van der Waals surface area contributed by atoms with Crippen LogP contribution in [0.2, 0.25) is 0 Å². The number of hydrogen-bond acceptors (Lipinski definition) is 5. The average Bonchev–Trinajstić information content (AvgIpc) is 3.12. The molecular weight excluding hydrogens is 328 g/mol. The zero-order chi connectivity index (χ0) is 17.2. The van der Waals surface area contributed by atoms with Gasteiger partial charge >= 0.3 is 0 Å². The summed E-state index contributed by atoms with van der Waals surface area (Å²) in [6.45, 7) is 0.482. The summed E-state index contributed by atoms with van der Waals surface area (Å²) in [5.74, 6) is 0.796. The van der Waals surface area contributed by atoms with Gasteiger partial charge < -0.3 is 9.47 Å². The lowest BCUT2D eigenvalue weighted by atomic mass is 10.1. The van der Waals surface area contributed by atoms with E-state index in [1.165, 1.54) is 20.3 Å². The SMILES string of the molecule is COc1ccc(OC)c(S(=O)(=O)N2CCCC2c2ccncc2)c1. The molecule has 1 unspecified atom stereocenters. The summed E-state index contributed by atoms with van der Waals surface area (Å²) in [6, 6.07) is 8.35. The first kappa shape index (κ1) is 16.7. The molecule has 1 aliphatic heterocycles. The number of ether oxygens (including phenoxy) is 2. The molecule has 0 saturated carbocycles. The Morgan fingerprint density at radius 2 is 1.88 bits per heavy atom. The molecule has 24 heavy (non-hydrogen) atoms. The first-order chi connectivity index (χ1) is 11.6. The van der Waals surface area contributed by atoms with Crippen molar-refractivity contribution in [3.05, 3.63) is 48.3 Å². The normalized spacial score (nSPS) is 18.5. The molecular formula is C17H20N2O4S. The first-order valence-electron chi connectivity index (χ1n) is 7.71. The largest absolute Gasteiger partial charge is 0.497 e. The van der Waals surface area contributed by atoms with Crippen LogP contribution in [0.15, 0.2) is 47.6 Å². The van der Waals surface area contributed by atoms with Gasteiger partial charge in [-0.05, 0) is 42.7 Å². The Morgan fingerprint density at radius 1 is 1.12 bits per heavy atom. The van der Waals surface area contributed by atoms with Crippen LogP contribution in [0.25, 0.3) is 0 Å². The second kappa shape index (κ2) is 6.78. The van der Waals surface area contributed by atoms with Crippen molar-refractivity contribution in [2.75, 3.05) is 20.8 Å². The smallest absolute Gasteiger partial charge is 0.247 e. The Labute approximate surface area is 142 Å². The van der Waals surface area contributed by atoms with Crippen LogP contribution in [0.1, 0.15) is 24.4 Å². The molecule has 128 valence electrons. The first-order valence-corrected chi connectivity index (χ1v) is 9.15. The lowest BCUT2D eigenvalue weighted by Crippen LogP contribution is -2.31. The van der Waals surface area contributed by atoms with Gasteiger partial charge in [-0.1, -0.05) is 0 Å². The molecule has 6 nitrogen and oxygen atoms in total. The van der Waals surface area contributed by atoms with E-state index < -0.39 is 10.0 Å². The average molecular weight is 348 g/mol. The van der Waals surface area contributed by atoms with Gasteiger partial charge in [0, 0.05) is 25.0 Å². The van der Waals surface area contributed by atoms with Crippen LogP contribution >= 0.6 is 0 Å². The topological polar surface area (TPSA) is 68.7 Å². The van der Waals surface area contributed by atoms with E-state index in [4.69, 9.17) is 9.47 Å². The fourth-order valence-electron chi connectivity index (χ4n) is 3.06. The van der Waals surface area contributed by atoms with Gasteiger partial charge in [-0.25, -0.2) is 8.42 Å². The maximum Gasteiger partial charge on any atom is 0.247 e. The van der Waals surface area contributed by atoms with Gasteiger partial charge in [0.2, 0.25) is 10.0 Å². The Bertz CT molecular complexity index is 809. The van der Waals surface area contributed by atoms with E-state index in [-0.39, 0.29) is 10.9 Å². The van der Waals surface area contributed by atoms with Gasteiger partial charge in [-0.2, -0.15) is 4.31 Å². The molecule has 0 bridgehead atoms. The molecule has 0 amide bonds. The van der Waals surface area contributed by atoms with Crippen molar-refractivity contribution < 1.29 is 17.9 Å². The summed E-state index contributed by atoms with van der Waals surface area (Å²) in [4.78, 5) is 4.14. The molecule has 7 heteroatoms. The Hall–Kier alpha value is -2.12. The van der Waals surface area contributed by atoms with Crippen molar-refractivity contribution >= 4 is 10.0 Å². The minimum absolute atomic E-state index is 0.130. The summed E-state index contributed by atoms with van der Waals surface area (Å²) in [7, 11) is -0.732. The van der Waals surface area contributed by atoms with E-state index in [1.807, 2.05) is 12.1 Å². The number of pyridine rings is 1. The van der Waals surface area contributed by atoms with Crippen molar-refractivity contribution in [3.63, 3.8) is 0 Å². The molecule has 1 aromatic heterocycles. The number of hydrogen-bond donors (Lipinski definition) is 0. The molecule has 0 N–H and O–H groups in total. The predicted octanol–water partition coefficient (Wildman–Crippen LogP) is 2.62. The molecule has 1 aliphatic rings. The fourth-order valence-corrected chi connectivity index (χ4v) is 4.91. The summed E-state index contributed by atoms with van der Waals surface area (Å²) < 4.78 is 38.5.